The fourth-order valence-corrected chi connectivity index (χ4v) is 3.32. The molecular formula is C14H24N2O3. The highest BCUT2D eigenvalue weighted by molar-refractivity contribution is 5.83. The number of amides is 1. The number of aliphatic carboxylic acids is 1. The van der Waals surface area contributed by atoms with Gasteiger partial charge in [-0.05, 0) is 38.6 Å². The molecule has 2 fully saturated rings. The Morgan fingerprint density at radius 1 is 1.37 bits per heavy atom. The predicted molar refractivity (Wildman–Crippen MR) is 71.8 cm³/mol. The first-order chi connectivity index (χ1) is 9.09. The van der Waals surface area contributed by atoms with Gasteiger partial charge in [-0.25, -0.2) is 0 Å². The first-order valence-electron chi connectivity index (χ1n) is 7.34. The van der Waals surface area contributed by atoms with E-state index in [1.54, 1.807) is 0 Å². The number of carbonyl (C=O) groups is 2. The normalized spacial score (nSPS) is 26.4. The van der Waals surface area contributed by atoms with Crippen molar-refractivity contribution in [1.29, 1.82) is 0 Å². The fourth-order valence-electron chi connectivity index (χ4n) is 3.32. The van der Waals surface area contributed by atoms with E-state index in [-0.39, 0.29) is 11.9 Å². The Balaban J connectivity index is 1.93. The maximum atomic E-state index is 12.3. The van der Waals surface area contributed by atoms with E-state index in [1.165, 1.54) is 0 Å². The Morgan fingerprint density at radius 2 is 2.05 bits per heavy atom. The summed E-state index contributed by atoms with van der Waals surface area (Å²) in [4.78, 5) is 25.6. The molecule has 0 spiro atoms. The van der Waals surface area contributed by atoms with Crippen LogP contribution >= 0.6 is 0 Å². The topological polar surface area (TPSA) is 69.6 Å². The molecule has 1 amide bonds. The summed E-state index contributed by atoms with van der Waals surface area (Å²) in [5.41, 5.74) is -0.603. The molecule has 1 atom stereocenters. The highest BCUT2D eigenvalue weighted by atomic mass is 16.4. The second-order valence-corrected chi connectivity index (χ2v) is 5.81. The Morgan fingerprint density at radius 3 is 2.53 bits per heavy atom. The van der Waals surface area contributed by atoms with Crippen molar-refractivity contribution in [2.75, 3.05) is 19.6 Å². The molecule has 0 aliphatic carbocycles. The van der Waals surface area contributed by atoms with Crippen molar-refractivity contribution < 1.29 is 14.7 Å². The Kier molecular flexibility index (Phi) is 4.45. The highest BCUT2D eigenvalue weighted by Gasteiger charge is 2.42. The van der Waals surface area contributed by atoms with Gasteiger partial charge in [0.1, 0.15) is 0 Å². The van der Waals surface area contributed by atoms with E-state index >= 15 is 0 Å². The third kappa shape index (κ3) is 2.91. The van der Waals surface area contributed by atoms with E-state index in [9.17, 15) is 14.7 Å². The number of nitrogens with one attached hydrogen (secondary N) is 1. The maximum absolute atomic E-state index is 12.3. The van der Waals surface area contributed by atoms with Gasteiger partial charge in [0.05, 0.1) is 11.5 Å². The molecule has 0 saturated carbocycles. The summed E-state index contributed by atoms with van der Waals surface area (Å²) in [6.45, 7) is 4.11. The lowest BCUT2D eigenvalue weighted by Gasteiger charge is -2.39. The van der Waals surface area contributed by atoms with Gasteiger partial charge >= 0.3 is 5.97 Å². The van der Waals surface area contributed by atoms with Crippen molar-refractivity contribution >= 4 is 11.9 Å². The molecule has 2 rings (SSSR count). The average molecular weight is 268 g/mol. The molecule has 5 nitrogen and oxygen atoms in total. The molecule has 2 N–H and O–H groups in total. The number of hydrogen-bond acceptors (Lipinski definition) is 3. The minimum atomic E-state index is -0.694. The molecule has 108 valence electrons. The zero-order valence-corrected chi connectivity index (χ0v) is 11.7. The number of nitrogens with zero attached hydrogens (tertiary/aromatic N) is 1. The van der Waals surface area contributed by atoms with Crippen LogP contribution in [-0.4, -0.2) is 47.6 Å². The summed E-state index contributed by atoms with van der Waals surface area (Å²) in [5.74, 6) is -0.534. The summed E-state index contributed by atoms with van der Waals surface area (Å²) in [5, 5.41) is 12.7. The van der Waals surface area contributed by atoms with E-state index in [1.807, 2.05) is 11.8 Å². The number of carboxylic acid groups (broad SMARTS) is 1. The minimum absolute atomic E-state index is 0.0384. The van der Waals surface area contributed by atoms with Crippen molar-refractivity contribution in [3.8, 4) is 0 Å². The first kappa shape index (κ1) is 14.3. The predicted octanol–water partition coefficient (Wildman–Crippen LogP) is 1.23. The van der Waals surface area contributed by atoms with Crippen molar-refractivity contribution in [2.24, 2.45) is 5.41 Å². The number of carboxylic acids is 1. The number of piperidine rings is 1. The number of hydrogen-bond donors (Lipinski definition) is 2. The average Bonchev–Trinajstić information content (AvgIpc) is 2.93. The summed E-state index contributed by atoms with van der Waals surface area (Å²) in [6, 6.07) is -0.0384. The van der Waals surface area contributed by atoms with Gasteiger partial charge in [0.15, 0.2) is 0 Å². The van der Waals surface area contributed by atoms with Crippen LogP contribution in [0.4, 0.5) is 0 Å². The maximum Gasteiger partial charge on any atom is 0.309 e. The second-order valence-electron chi connectivity index (χ2n) is 5.81. The molecule has 19 heavy (non-hydrogen) atoms. The lowest BCUT2D eigenvalue weighted by molar-refractivity contribution is -0.155. The zero-order valence-electron chi connectivity index (χ0n) is 11.7. The van der Waals surface area contributed by atoms with Crippen molar-refractivity contribution in [3.63, 3.8) is 0 Å². The summed E-state index contributed by atoms with van der Waals surface area (Å²) in [6.07, 6.45) is 4.74. The molecule has 0 radical (unpaired) electrons. The van der Waals surface area contributed by atoms with E-state index in [2.05, 4.69) is 5.32 Å². The second kappa shape index (κ2) is 5.90. The lowest BCUT2D eigenvalue weighted by atomic mass is 9.75. The Labute approximate surface area is 114 Å². The molecule has 0 aromatic heterocycles. The molecule has 2 saturated heterocycles. The van der Waals surface area contributed by atoms with E-state index in [0.717, 1.165) is 25.8 Å². The van der Waals surface area contributed by atoms with Gasteiger partial charge in [-0.1, -0.05) is 13.3 Å². The lowest BCUT2D eigenvalue weighted by Crippen LogP contribution is -2.51. The SMILES string of the molecule is CCCC1(C(=O)O)CCN(C(=O)C2CCCN2)CC1. The van der Waals surface area contributed by atoms with Gasteiger partial charge in [0.25, 0.3) is 0 Å². The van der Waals surface area contributed by atoms with E-state index in [0.29, 0.717) is 32.4 Å². The Hall–Kier alpha value is -1.10. The minimum Gasteiger partial charge on any atom is -0.481 e. The zero-order chi connectivity index (χ0) is 13.9. The van der Waals surface area contributed by atoms with Crippen molar-refractivity contribution in [2.45, 2.75) is 51.5 Å². The molecule has 5 heteroatoms. The monoisotopic (exact) mass is 268 g/mol. The standard InChI is InChI=1S/C14H24N2O3/c1-2-5-14(13(18)19)6-9-16(10-7-14)12(17)11-4-3-8-15-11/h11,15H,2-10H2,1H3,(H,18,19). The smallest absolute Gasteiger partial charge is 0.309 e. The van der Waals surface area contributed by atoms with Crippen LogP contribution in [0.25, 0.3) is 0 Å². The van der Waals surface area contributed by atoms with E-state index < -0.39 is 11.4 Å². The molecule has 0 aromatic carbocycles. The van der Waals surface area contributed by atoms with Crippen molar-refractivity contribution in [3.05, 3.63) is 0 Å². The van der Waals surface area contributed by atoms with Gasteiger partial charge in [-0.2, -0.15) is 0 Å². The Bertz CT molecular complexity index is 343. The molecular weight excluding hydrogens is 244 g/mol. The van der Waals surface area contributed by atoms with Crippen LogP contribution in [0, 0.1) is 5.41 Å². The summed E-state index contributed by atoms with van der Waals surface area (Å²) in [7, 11) is 0. The van der Waals surface area contributed by atoms with Gasteiger partial charge in [-0.3, -0.25) is 9.59 Å². The molecule has 2 aliphatic heterocycles. The van der Waals surface area contributed by atoms with Crippen LogP contribution in [0.2, 0.25) is 0 Å². The molecule has 0 bridgehead atoms. The van der Waals surface area contributed by atoms with Crippen LogP contribution in [0.5, 0.6) is 0 Å². The molecule has 2 aliphatic rings. The number of likely N-dealkylation sites (tertiary alicyclic amines) is 1. The van der Waals surface area contributed by atoms with Crippen LogP contribution in [-0.2, 0) is 9.59 Å². The van der Waals surface area contributed by atoms with Crippen LogP contribution < -0.4 is 5.32 Å². The first-order valence-corrected chi connectivity index (χ1v) is 7.34. The summed E-state index contributed by atoms with van der Waals surface area (Å²) < 4.78 is 0. The van der Waals surface area contributed by atoms with Crippen LogP contribution in [0.15, 0.2) is 0 Å². The number of carbonyl (C=O) groups excluding carboxylic acids is 1. The van der Waals surface area contributed by atoms with Gasteiger partial charge in [0, 0.05) is 13.1 Å². The molecule has 2 heterocycles. The largest absolute Gasteiger partial charge is 0.481 e. The van der Waals surface area contributed by atoms with Gasteiger partial charge < -0.3 is 15.3 Å². The number of rotatable bonds is 4. The van der Waals surface area contributed by atoms with Crippen LogP contribution in [0.3, 0.4) is 0 Å². The fraction of sp³-hybridized carbons (Fsp3) is 0.857. The summed E-state index contributed by atoms with van der Waals surface area (Å²) >= 11 is 0. The van der Waals surface area contributed by atoms with Crippen LogP contribution in [0.1, 0.15) is 45.4 Å². The molecule has 0 aromatic rings. The highest BCUT2D eigenvalue weighted by Crippen LogP contribution is 2.36. The van der Waals surface area contributed by atoms with Gasteiger partial charge in [0.2, 0.25) is 5.91 Å². The third-order valence-electron chi connectivity index (χ3n) is 4.57. The molecule has 1 unspecified atom stereocenters. The van der Waals surface area contributed by atoms with Gasteiger partial charge in [-0.15, -0.1) is 0 Å². The quantitative estimate of drug-likeness (QED) is 0.804. The van der Waals surface area contributed by atoms with Crippen molar-refractivity contribution in [1.82, 2.24) is 10.2 Å². The third-order valence-corrected chi connectivity index (χ3v) is 4.57. The van der Waals surface area contributed by atoms with E-state index in [4.69, 9.17) is 0 Å².